The molecule has 0 spiro atoms. The minimum Gasteiger partial charge on any atom is -0.497 e. The first-order valence-electron chi connectivity index (χ1n) is 6.85. The molecule has 1 aliphatic heterocycles. The van der Waals surface area contributed by atoms with Gasteiger partial charge in [-0.3, -0.25) is 0 Å². The van der Waals surface area contributed by atoms with Crippen molar-refractivity contribution < 1.29 is 9.47 Å². The Bertz CT molecular complexity index is 395. The maximum atomic E-state index is 6.02. The highest BCUT2D eigenvalue weighted by Crippen LogP contribution is 2.32. The van der Waals surface area contributed by atoms with Gasteiger partial charge in [-0.05, 0) is 51.0 Å². The highest BCUT2D eigenvalue weighted by atomic mass is 16.5. The van der Waals surface area contributed by atoms with Crippen LogP contribution in [0.4, 0.5) is 5.69 Å². The van der Waals surface area contributed by atoms with Crippen molar-refractivity contribution in [2.75, 3.05) is 19.0 Å². The van der Waals surface area contributed by atoms with E-state index in [0.717, 1.165) is 24.3 Å². The molecule has 1 aromatic carbocycles. The predicted octanol–water partition coefficient (Wildman–Crippen LogP) is 2.39. The van der Waals surface area contributed by atoms with E-state index in [2.05, 4.69) is 19.2 Å². The summed E-state index contributed by atoms with van der Waals surface area (Å²) in [5, 5.41) is 3.60. The molecule has 1 aliphatic rings. The van der Waals surface area contributed by atoms with Crippen LogP contribution < -0.4 is 15.8 Å². The standard InChI is InChI=1S/C15H24N2O2/c1-11-8-15(10-16,9-12(2)19-11)17-13-4-6-14(18-3)7-5-13/h4-7,11-12,17H,8-10,16H2,1-3H3. The van der Waals surface area contributed by atoms with Crippen LogP contribution in [0.2, 0.25) is 0 Å². The lowest BCUT2D eigenvalue weighted by Gasteiger charge is -2.43. The summed E-state index contributed by atoms with van der Waals surface area (Å²) in [6.45, 7) is 4.82. The lowest BCUT2D eigenvalue weighted by Crippen LogP contribution is -2.53. The van der Waals surface area contributed by atoms with Crippen molar-refractivity contribution in [3.05, 3.63) is 24.3 Å². The molecule has 0 amide bonds. The Morgan fingerprint density at radius 2 is 1.84 bits per heavy atom. The van der Waals surface area contributed by atoms with E-state index in [1.165, 1.54) is 0 Å². The van der Waals surface area contributed by atoms with Gasteiger partial charge in [0.05, 0.1) is 24.9 Å². The van der Waals surface area contributed by atoms with E-state index in [1.807, 2.05) is 24.3 Å². The number of hydrogen-bond donors (Lipinski definition) is 2. The fourth-order valence-corrected chi connectivity index (χ4v) is 2.98. The highest BCUT2D eigenvalue weighted by Gasteiger charge is 2.37. The van der Waals surface area contributed by atoms with Crippen LogP contribution in [0.25, 0.3) is 0 Å². The summed E-state index contributed by atoms with van der Waals surface area (Å²) in [5.74, 6) is 0.862. The average molecular weight is 264 g/mol. The van der Waals surface area contributed by atoms with Gasteiger partial charge in [0.2, 0.25) is 0 Å². The zero-order chi connectivity index (χ0) is 13.9. The molecule has 3 N–H and O–H groups in total. The van der Waals surface area contributed by atoms with E-state index in [1.54, 1.807) is 7.11 Å². The molecule has 1 fully saturated rings. The maximum absolute atomic E-state index is 6.02. The van der Waals surface area contributed by atoms with E-state index in [0.29, 0.717) is 6.54 Å². The van der Waals surface area contributed by atoms with Crippen molar-refractivity contribution >= 4 is 5.69 Å². The minimum absolute atomic E-state index is 0.0777. The number of nitrogens with one attached hydrogen (secondary N) is 1. The number of nitrogens with two attached hydrogens (primary N) is 1. The Hall–Kier alpha value is -1.26. The fraction of sp³-hybridized carbons (Fsp3) is 0.600. The molecule has 2 unspecified atom stereocenters. The predicted molar refractivity (Wildman–Crippen MR) is 77.6 cm³/mol. The Labute approximate surface area is 115 Å². The van der Waals surface area contributed by atoms with Gasteiger partial charge in [-0.2, -0.15) is 0 Å². The van der Waals surface area contributed by atoms with Crippen LogP contribution >= 0.6 is 0 Å². The SMILES string of the molecule is COc1ccc(NC2(CN)CC(C)OC(C)C2)cc1. The summed E-state index contributed by atoms with van der Waals surface area (Å²) in [4.78, 5) is 0. The van der Waals surface area contributed by atoms with Crippen LogP contribution in [0.3, 0.4) is 0 Å². The Kier molecular flexibility index (Phi) is 4.32. The Morgan fingerprint density at radius 3 is 2.32 bits per heavy atom. The molecule has 4 nitrogen and oxygen atoms in total. The molecule has 19 heavy (non-hydrogen) atoms. The molecule has 106 valence electrons. The normalized spacial score (nSPS) is 30.9. The van der Waals surface area contributed by atoms with E-state index in [4.69, 9.17) is 15.2 Å². The van der Waals surface area contributed by atoms with E-state index < -0.39 is 0 Å². The lowest BCUT2D eigenvalue weighted by atomic mass is 9.84. The van der Waals surface area contributed by atoms with E-state index >= 15 is 0 Å². The van der Waals surface area contributed by atoms with Gasteiger partial charge < -0.3 is 20.5 Å². The highest BCUT2D eigenvalue weighted by molar-refractivity contribution is 5.48. The topological polar surface area (TPSA) is 56.5 Å². The van der Waals surface area contributed by atoms with Crippen LogP contribution in [-0.2, 0) is 4.74 Å². The van der Waals surface area contributed by atoms with Crippen molar-refractivity contribution in [1.82, 2.24) is 0 Å². The number of methoxy groups -OCH3 is 1. The molecule has 4 heteroatoms. The zero-order valence-corrected chi connectivity index (χ0v) is 12.0. The third-order valence-corrected chi connectivity index (χ3v) is 3.71. The van der Waals surface area contributed by atoms with Gasteiger partial charge in [-0.15, -0.1) is 0 Å². The number of benzene rings is 1. The van der Waals surface area contributed by atoms with Gasteiger partial charge in [-0.1, -0.05) is 0 Å². The summed E-state index contributed by atoms with van der Waals surface area (Å²) in [5.41, 5.74) is 7.02. The lowest BCUT2D eigenvalue weighted by molar-refractivity contribution is -0.0536. The second kappa shape index (κ2) is 5.80. The minimum atomic E-state index is -0.0777. The maximum Gasteiger partial charge on any atom is 0.119 e. The molecule has 0 aliphatic carbocycles. The van der Waals surface area contributed by atoms with Crippen LogP contribution in [0.5, 0.6) is 5.75 Å². The van der Waals surface area contributed by atoms with Crippen molar-refractivity contribution in [3.63, 3.8) is 0 Å². The van der Waals surface area contributed by atoms with Gasteiger partial charge in [0.1, 0.15) is 5.75 Å². The number of rotatable bonds is 4. The van der Waals surface area contributed by atoms with Crippen molar-refractivity contribution in [3.8, 4) is 5.75 Å². The van der Waals surface area contributed by atoms with Crippen LogP contribution in [-0.4, -0.2) is 31.4 Å². The molecule has 0 radical (unpaired) electrons. The summed E-state index contributed by atoms with van der Waals surface area (Å²) < 4.78 is 11.0. The average Bonchev–Trinajstić information content (AvgIpc) is 2.38. The number of anilines is 1. The van der Waals surface area contributed by atoms with E-state index in [-0.39, 0.29) is 17.7 Å². The molecule has 1 saturated heterocycles. The third-order valence-electron chi connectivity index (χ3n) is 3.71. The first kappa shape index (κ1) is 14.2. The Morgan fingerprint density at radius 1 is 1.26 bits per heavy atom. The Balaban J connectivity index is 2.12. The first-order valence-corrected chi connectivity index (χ1v) is 6.85. The van der Waals surface area contributed by atoms with Crippen molar-refractivity contribution in [1.29, 1.82) is 0 Å². The van der Waals surface area contributed by atoms with Gasteiger partial charge >= 0.3 is 0 Å². The molecule has 2 rings (SSSR count). The monoisotopic (exact) mass is 264 g/mol. The van der Waals surface area contributed by atoms with Gasteiger partial charge in [-0.25, -0.2) is 0 Å². The number of ether oxygens (including phenoxy) is 2. The quantitative estimate of drug-likeness (QED) is 0.876. The zero-order valence-electron chi connectivity index (χ0n) is 12.0. The summed E-state index contributed by atoms with van der Waals surface area (Å²) in [6.07, 6.45) is 2.33. The fourth-order valence-electron chi connectivity index (χ4n) is 2.98. The second-order valence-corrected chi connectivity index (χ2v) is 5.50. The first-order chi connectivity index (χ1) is 9.07. The van der Waals surface area contributed by atoms with Crippen LogP contribution in [0, 0.1) is 0 Å². The van der Waals surface area contributed by atoms with Crippen molar-refractivity contribution in [2.24, 2.45) is 5.73 Å². The summed E-state index contributed by atoms with van der Waals surface area (Å²) in [6, 6.07) is 7.97. The molecule has 0 aromatic heterocycles. The molecule has 1 heterocycles. The number of hydrogen-bond acceptors (Lipinski definition) is 4. The van der Waals surface area contributed by atoms with Crippen molar-refractivity contribution in [2.45, 2.75) is 44.4 Å². The smallest absolute Gasteiger partial charge is 0.119 e. The molecule has 1 aromatic rings. The second-order valence-electron chi connectivity index (χ2n) is 5.50. The van der Waals surface area contributed by atoms with Gasteiger partial charge in [0.15, 0.2) is 0 Å². The molecule has 2 atom stereocenters. The largest absolute Gasteiger partial charge is 0.497 e. The van der Waals surface area contributed by atoms with E-state index in [9.17, 15) is 0 Å². The van der Waals surface area contributed by atoms with Gasteiger partial charge in [0.25, 0.3) is 0 Å². The molecule has 0 bridgehead atoms. The molecular weight excluding hydrogens is 240 g/mol. The third kappa shape index (κ3) is 3.39. The summed E-state index contributed by atoms with van der Waals surface area (Å²) >= 11 is 0. The van der Waals surface area contributed by atoms with Crippen LogP contribution in [0.1, 0.15) is 26.7 Å². The van der Waals surface area contributed by atoms with Gasteiger partial charge in [0, 0.05) is 12.2 Å². The molecule has 0 saturated carbocycles. The van der Waals surface area contributed by atoms with Crippen LogP contribution in [0.15, 0.2) is 24.3 Å². The summed E-state index contributed by atoms with van der Waals surface area (Å²) in [7, 11) is 1.67. The molecular formula is C15H24N2O2.